The summed E-state index contributed by atoms with van der Waals surface area (Å²) in [6.45, 7) is 4.09. The van der Waals surface area contributed by atoms with Crippen LogP contribution in [0.3, 0.4) is 0 Å². The van der Waals surface area contributed by atoms with Gasteiger partial charge in [-0.1, -0.05) is 19.9 Å². The van der Waals surface area contributed by atoms with Gasteiger partial charge >= 0.3 is 24.5 Å². The number of carboxylic acid groups (broad SMARTS) is 1. The predicted octanol–water partition coefficient (Wildman–Crippen LogP) is 9.49. The molecule has 0 aliphatic rings. The van der Waals surface area contributed by atoms with Crippen LogP contribution < -0.4 is 14.4 Å². The fourth-order valence-electron chi connectivity index (χ4n) is 5.30. The minimum absolute atomic E-state index is 0.0316. The molecule has 0 radical (unpaired) electrons. The molecule has 0 amide bonds. The van der Waals surface area contributed by atoms with Gasteiger partial charge in [0.2, 0.25) is 5.95 Å². The second kappa shape index (κ2) is 15.7. The lowest BCUT2D eigenvalue weighted by atomic mass is 9.94. The highest BCUT2D eigenvalue weighted by Crippen LogP contribution is 2.41. The smallest absolute Gasteiger partial charge is 0.416 e. The van der Waals surface area contributed by atoms with Gasteiger partial charge in [0.05, 0.1) is 48.5 Å². The number of rotatable bonds is 13. The molecule has 0 bridgehead atoms. The van der Waals surface area contributed by atoms with Crippen LogP contribution in [-0.4, -0.2) is 39.7 Å². The summed E-state index contributed by atoms with van der Waals surface area (Å²) in [5.74, 6) is -1.13. The Morgan fingerprint density at radius 1 is 0.827 bits per heavy atom. The Morgan fingerprint density at radius 3 is 1.94 bits per heavy atom. The number of nitrogens with zero attached hydrogens (tertiary/aromatic N) is 4. The van der Waals surface area contributed by atoms with Gasteiger partial charge in [-0.25, -0.2) is 9.97 Å². The molecular weight excluding hydrogens is 711 g/mol. The standard InChI is InChI=1S/C35H33F9N4O4/c1-19(2)29-14-28(31(51-4)20(3)47-29)27-8-7-23(33(36,37)38)12-22(27)18-48(32-45-15-26(16-46-32)52-9-5-6-30(49)50)17-21-10-24(34(39,40)41)13-25(11-21)35(42,43)44/h7-8,10-16,19H,5-6,9,17-18H2,1-4H3,(H,49,50). The van der Waals surface area contributed by atoms with E-state index in [1.165, 1.54) is 13.2 Å². The first-order valence-corrected chi connectivity index (χ1v) is 15.6. The molecule has 2 aromatic heterocycles. The number of aliphatic carboxylic acids is 1. The summed E-state index contributed by atoms with van der Waals surface area (Å²) < 4.78 is 136. The van der Waals surface area contributed by atoms with Crippen LogP contribution in [0.5, 0.6) is 11.5 Å². The predicted molar refractivity (Wildman–Crippen MR) is 171 cm³/mol. The fraction of sp³-hybridized carbons (Fsp3) is 0.371. The SMILES string of the molecule is COc1c(-c2ccc(C(F)(F)F)cc2CN(Cc2cc(C(F)(F)F)cc(C(F)(F)F)c2)c2ncc(OCCCC(=O)O)cn2)cc(C(C)C)nc1C. The normalized spacial score (nSPS) is 12.3. The van der Waals surface area contributed by atoms with Crippen molar-refractivity contribution in [2.45, 2.75) is 71.1 Å². The number of alkyl halides is 9. The Morgan fingerprint density at radius 2 is 1.42 bits per heavy atom. The van der Waals surface area contributed by atoms with Crippen molar-refractivity contribution in [2.75, 3.05) is 18.6 Å². The third-order valence-electron chi connectivity index (χ3n) is 7.76. The summed E-state index contributed by atoms with van der Waals surface area (Å²) in [4.78, 5) is 24.8. The van der Waals surface area contributed by atoms with Gasteiger partial charge in [-0.05, 0) is 72.4 Å². The van der Waals surface area contributed by atoms with Gasteiger partial charge in [-0.2, -0.15) is 39.5 Å². The molecule has 8 nitrogen and oxygen atoms in total. The number of methoxy groups -OCH3 is 1. The van der Waals surface area contributed by atoms with Crippen molar-refractivity contribution in [1.82, 2.24) is 15.0 Å². The first-order valence-electron chi connectivity index (χ1n) is 15.6. The van der Waals surface area contributed by atoms with Gasteiger partial charge in [0.15, 0.2) is 5.75 Å². The molecule has 0 aliphatic heterocycles. The Balaban J connectivity index is 1.90. The molecule has 0 spiro atoms. The Kier molecular flexibility index (Phi) is 11.9. The number of anilines is 1. The van der Waals surface area contributed by atoms with Crippen LogP contribution >= 0.6 is 0 Å². The highest BCUT2D eigenvalue weighted by molar-refractivity contribution is 5.75. The van der Waals surface area contributed by atoms with E-state index in [1.54, 1.807) is 13.0 Å². The molecule has 0 aliphatic carbocycles. The van der Waals surface area contributed by atoms with Crippen molar-refractivity contribution in [3.8, 4) is 22.6 Å². The maximum atomic E-state index is 14.1. The summed E-state index contributed by atoms with van der Waals surface area (Å²) in [6, 6.07) is 5.53. The van der Waals surface area contributed by atoms with E-state index in [2.05, 4.69) is 15.0 Å². The van der Waals surface area contributed by atoms with Crippen molar-refractivity contribution < 1.29 is 58.9 Å². The highest BCUT2D eigenvalue weighted by Gasteiger charge is 2.37. The summed E-state index contributed by atoms with van der Waals surface area (Å²) >= 11 is 0. The Labute approximate surface area is 292 Å². The average molecular weight is 745 g/mol. The van der Waals surface area contributed by atoms with Crippen LogP contribution in [0.4, 0.5) is 45.5 Å². The first kappa shape index (κ1) is 39.7. The lowest BCUT2D eigenvalue weighted by molar-refractivity contribution is -0.143. The van der Waals surface area contributed by atoms with Crippen molar-refractivity contribution in [3.05, 3.63) is 94.1 Å². The number of hydrogen-bond donors (Lipinski definition) is 1. The zero-order chi connectivity index (χ0) is 38.6. The quantitative estimate of drug-likeness (QED) is 0.107. The van der Waals surface area contributed by atoms with Crippen molar-refractivity contribution >= 4 is 11.9 Å². The first-order chi connectivity index (χ1) is 24.2. The monoisotopic (exact) mass is 744 g/mol. The molecule has 0 fully saturated rings. The molecule has 0 unspecified atom stereocenters. The molecule has 4 aromatic rings. The molecule has 52 heavy (non-hydrogen) atoms. The molecule has 2 aromatic carbocycles. The molecular formula is C35H33F9N4O4. The summed E-state index contributed by atoms with van der Waals surface area (Å²) in [5, 5.41) is 8.83. The van der Waals surface area contributed by atoms with E-state index in [-0.39, 0.29) is 60.0 Å². The van der Waals surface area contributed by atoms with Crippen molar-refractivity contribution in [3.63, 3.8) is 0 Å². The van der Waals surface area contributed by atoms with Crippen LogP contribution in [0.2, 0.25) is 0 Å². The number of carbonyl (C=O) groups is 1. The number of halogens is 9. The second-order valence-electron chi connectivity index (χ2n) is 12.1. The molecule has 280 valence electrons. The molecule has 1 N–H and O–H groups in total. The van der Waals surface area contributed by atoms with Crippen molar-refractivity contribution in [2.24, 2.45) is 0 Å². The molecule has 0 atom stereocenters. The summed E-state index contributed by atoms with van der Waals surface area (Å²) in [7, 11) is 1.35. The molecule has 0 saturated carbocycles. The summed E-state index contributed by atoms with van der Waals surface area (Å²) in [5.41, 5.74) is -3.15. The highest BCUT2D eigenvalue weighted by atomic mass is 19.4. The number of ether oxygens (including phenoxy) is 2. The van der Waals surface area contributed by atoms with E-state index in [1.807, 2.05) is 13.8 Å². The van der Waals surface area contributed by atoms with E-state index in [0.717, 1.165) is 29.4 Å². The fourth-order valence-corrected chi connectivity index (χ4v) is 5.30. The number of pyridine rings is 1. The van der Waals surface area contributed by atoms with Crippen LogP contribution in [-0.2, 0) is 36.4 Å². The van der Waals surface area contributed by atoms with Crippen LogP contribution in [0, 0.1) is 6.92 Å². The number of carboxylic acids is 1. The minimum Gasteiger partial charge on any atom is -0.494 e. The van der Waals surface area contributed by atoms with Gasteiger partial charge in [0.25, 0.3) is 0 Å². The van der Waals surface area contributed by atoms with Gasteiger partial charge in [0, 0.05) is 30.8 Å². The molecule has 2 heterocycles. The summed E-state index contributed by atoms with van der Waals surface area (Å²) in [6.07, 6.45) is -12.9. The zero-order valence-corrected chi connectivity index (χ0v) is 28.2. The van der Waals surface area contributed by atoms with Gasteiger partial charge in [-0.15, -0.1) is 0 Å². The van der Waals surface area contributed by atoms with Gasteiger partial charge in [-0.3, -0.25) is 9.78 Å². The van der Waals surface area contributed by atoms with E-state index < -0.39 is 59.8 Å². The lowest BCUT2D eigenvalue weighted by Crippen LogP contribution is -2.25. The topological polar surface area (TPSA) is 97.7 Å². The molecule has 4 rings (SSSR count). The Hall–Kier alpha value is -5.09. The van der Waals surface area contributed by atoms with Gasteiger partial charge in [0.1, 0.15) is 5.75 Å². The minimum atomic E-state index is -5.16. The van der Waals surface area contributed by atoms with E-state index >= 15 is 0 Å². The van der Waals surface area contributed by atoms with E-state index in [4.69, 9.17) is 14.6 Å². The molecule has 17 heteroatoms. The maximum Gasteiger partial charge on any atom is 0.416 e. The zero-order valence-electron chi connectivity index (χ0n) is 28.2. The lowest BCUT2D eigenvalue weighted by Gasteiger charge is -2.26. The number of aromatic nitrogens is 3. The van der Waals surface area contributed by atoms with Crippen LogP contribution in [0.25, 0.3) is 11.1 Å². The number of aryl methyl sites for hydroxylation is 1. The van der Waals surface area contributed by atoms with E-state index in [9.17, 15) is 44.3 Å². The Bertz CT molecular complexity index is 1840. The van der Waals surface area contributed by atoms with Crippen molar-refractivity contribution in [1.29, 1.82) is 0 Å². The number of hydrogen-bond acceptors (Lipinski definition) is 7. The van der Waals surface area contributed by atoms with Crippen LogP contribution in [0.15, 0.2) is 54.9 Å². The number of benzene rings is 2. The third-order valence-corrected chi connectivity index (χ3v) is 7.76. The largest absolute Gasteiger partial charge is 0.494 e. The van der Waals surface area contributed by atoms with Gasteiger partial charge < -0.3 is 19.5 Å². The van der Waals surface area contributed by atoms with E-state index in [0.29, 0.717) is 29.1 Å². The van der Waals surface area contributed by atoms with Crippen LogP contribution in [0.1, 0.15) is 71.8 Å². The maximum absolute atomic E-state index is 14.1. The second-order valence-corrected chi connectivity index (χ2v) is 12.1. The third kappa shape index (κ3) is 10.0. The average Bonchev–Trinajstić information content (AvgIpc) is 3.05. The molecule has 0 saturated heterocycles.